The minimum atomic E-state index is -0.707. The molecular weight excluding hydrogens is 176 g/mol. The zero-order valence-corrected chi connectivity index (χ0v) is 9.18. The van der Waals surface area contributed by atoms with E-state index in [1.165, 1.54) is 6.42 Å². The molecule has 0 heterocycles. The van der Waals surface area contributed by atoms with Crippen molar-refractivity contribution >= 4 is 5.78 Å². The van der Waals surface area contributed by atoms with Crippen LogP contribution in [-0.4, -0.2) is 16.5 Å². The lowest BCUT2D eigenvalue weighted by molar-refractivity contribution is -0.120. The summed E-state index contributed by atoms with van der Waals surface area (Å²) < 4.78 is 0. The Bertz CT molecular complexity index is 231. The molecule has 0 saturated heterocycles. The molecule has 0 aromatic heterocycles. The van der Waals surface area contributed by atoms with E-state index < -0.39 is 5.60 Å². The molecule has 1 aliphatic rings. The van der Waals surface area contributed by atoms with E-state index in [9.17, 15) is 9.90 Å². The van der Waals surface area contributed by atoms with E-state index in [1.54, 1.807) is 6.08 Å². The Balaban J connectivity index is 2.49. The van der Waals surface area contributed by atoms with Crippen molar-refractivity contribution in [3.8, 4) is 0 Å². The van der Waals surface area contributed by atoms with Gasteiger partial charge in [-0.2, -0.15) is 0 Å². The third-order valence-electron chi connectivity index (χ3n) is 2.74. The van der Waals surface area contributed by atoms with E-state index in [4.69, 9.17) is 0 Å². The molecule has 1 N–H and O–H groups in total. The van der Waals surface area contributed by atoms with E-state index >= 15 is 0 Å². The number of allylic oxidation sites excluding steroid dienone is 2. The molecule has 0 bridgehead atoms. The van der Waals surface area contributed by atoms with E-state index in [2.05, 4.69) is 0 Å². The Morgan fingerprint density at radius 2 is 1.86 bits per heavy atom. The van der Waals surface area contributed by atoms with Gasteiger partial charge in [-0.15, -0.1) is 0 Å². The van der Waals surface area contributed by atoms with Gasteiger partial charge in [0.15, 0.2) is 5.78 Å². The van der Waals surface area contributed by atoms with Gasteiger partial charge in [-0.25, -0.2) is 0 Å². The molecule has 0 spiro atoms. The standard InChI is InChI=1S/C12H20O2/c1-10(2)8-11(13)9-12(14)6-4-3-5-7-12/h8,14H,3-7,9H2,1-2H3. The summed E-state index contributed by atoms with van der Waals surface area (Å²) in [5.41, 5.74) is 0.302. The summed E-state index contributed by atoms with van der Waals surface area (Å²) in [5, 5.41) is 10.1. The van der Waals surface area contributed by atoms with Crippen LogP contribution in [-0.2, 0) is 4.79 Å². The van der Waals surface area contributed by atoms with Gasteiger partial charge in [-0.05, 0) is 32.8 Å². The molecule has 2 heteroatoms. The number of carbonyl (C=O) groups excluding carboxylic acids is 1. The van der Waals surface area contributed by atoms with Crippen LogP contribution in [0.2, 0.25) is 0 Å². The number of carbonyl (C=O) groups is 1. The summed E-state index contributed by atoms with van der Waals surface area (Å²) >= 11 is 0. The van der Waals surface area contributed by atoms with Crippen molar-refractivity contribution in [1.82, 2.24) is 0 Å². The lowest BCUT2D eigenvalue weighted by Gasteiger charge is -2.31. The lowest BCUT2D eigenvalue weighted by Crippen LogP contribution is -2.33. The molecule has 14 heavy (non-hydrogen) atoms. The van der Waals surface area contributed by atoms with Gasteiger partial charge in [-0.1, -0.05) is 24.8 Å². The molecular formula is C12H20O2. The second-order valence-corrected chi connectivity index (χ2v) is 4.65. The quantitative estimate of drug-likeness (QED) is 0.704. The van der Waals surface area contributed by atoms with Crippen molar-refractivity contribution in [3.05, 3.63) is 11.6 Å². The first-order valence-electron chi connectivity index (χ1n) is 5.42. The highest BCUT2D eigenvalue weighted by Crippen LogP contribution is 2.31. The highest BCUT2D eigenvalue weighted by atomic mass is 16.3. The summed E-state index contributed by atoms with van der Waals surface area (Å²) in [6.45, 7) is 3.81. The van der Waals surface area contributed by atoms with Crippen molar-refractivity contribution < 1.29 is 9.90 Å². The number of ketones is 1. The highest BCUT2D eigenvalue weighted by molar-refractivity contribution is 5.90. The monoisotopic (exact) mass is 196 g/mol. The van der Waals surface area contributed by atoms with Gasteiger partial charge in [0.1, 0.15) is 0 Å². The number of hydrogen-bond donors (Lipinski definition) is 1. The molecule has 2 nitrogen and oxygen atoms in total. The molecule has 1 fully saturated rings. The SMILES string of the molecule is CC(C)=CC(=O)CC1(O)CCCCC1. The first-order valence-corrected chi connectivity index (χ1v) is 5.42. The Labute approximate surface area is 86.0 Å². The predicted molar refractivity (Wildman–Crippen MR) is 57.1 cm³/mol. The molecule has 0 amide bonds. The Kier molecular flexibility index (Phi) is 3.87. The molecule has 0 aromatic carbocycles. The normalized spacial score (nSPS) is 20.2. The zero-order valence-electron chi connectivity index (χ0n) is 9.18. The molecule has 0 unspecified atom stereocenters. The smallest absolute Gasteiger partial charge is 0.158 e. The summed E-state index contributed by atoms with van der Waals surface area (Å²) in [7, 11) is 0. The van der Waals surface area contributed by atoms with Crippen molar-refractivity contribution in [3.63, 3.8) is 0 Å². The van der Waals surface area contributed by atoms with E-state index in [0.29, 0.717) is 6.42 Å². The molecule has 0 atom stereocenters. The van der Waals surface area contributed by atoms with E-state index in [-0.39, 0.29) is 5.78 Å². The number of hydrogen-bond acceptors (Lipinski definition) is 2. The second kappa shape index (κ2) is 4.74. The minimum absolute atomic E-state index is 0.0643. The summed E-state index contributed by atoms with van der Waals surface area (Å²) in [5.74, 6) is 0.0643. The van der Waals surface area contributed by atoms with Crippen LogP contribution in [0.5, 0.6) is 0 Å². The maximum atomic E-state index is 11.5. The van der Waals surface area contributed by atoms with Crippen LogP contribution in [0.4, 0.5) is 0 Å². The molecule has 80 valence electrons. The van der Waals surface area contributed by atoms with Crippen LogP contribution >= 0.6 is 0 Å². The van der Waals surface area contributed by atoms with Crippen LogP contribution in [0.15, 0.2) is 11.6 Å². The van der Waals surface area contributed by atoms with Gasteiger partial charge in [0.05, 0.1) is 5.60 Å². The Morgan fingerprint density at radius 3 is 2.36 bits per heavy atom. The fraction of sp³-hybridized carbons (Fsp3) is 0.750. The van der Waals surface area contributed by atoms with Crippen molar-refractivity contribution in [2.45, 2.75) is 58.0 Å². The summed E-state index contributed by atoms with van der Waals surface area (Å²) in [6.07, 6.45) is 6.81. The fourth-order valence-electron chi connectivity index (χ4n) is 2.08. The third-order valence-corrected chi connectivity index (χ3v) is 2.74. The number of aliphatic hydroxyl groups is 1. The van der Waals surface area contributed by atoms with Crippen molar-refractivity contribution in [1.29, 1.82) is 0 Å². The van der Waals surface area contributed by atoms with Gasteiger partial charge in [-0.3, -0.25) is 4.79 Å². The molecule has 0 radical (unpaired) electrons. The Morgan fingerprint density at radius 1 is 1.29 bits per heavy atom. The maximum absolute atomic E-state index is 11.5. The first-order chi connectivity index (χ1) is 6.52. The van der Waals surface area contributed by atoms with Crippen LogP contribution < -0.4 is 0 Å². The second-order valence-electron chi connectivity index (χ2n) is 4.65. The highest BCUT2D eigenvalue weighted by Gasteiger charge is 2.30. The lowest BCUT2D eigenvalue weighted by atomic mass is 9.81. The van der Waals surface area contributed by atoms with Gasteiger partial charge < -0.3 is 5.11 Å². The summed E-state index contributed by atoms with van der Waals surface area (Å²) in [4.78, 5) is 11.5. The molecule has 1 saturated carbocycles. The Hall–Kier alpha value is -0.630. The maximum Gasteiger partial charge on any atom is 0.158 e. The van der Waals surface area contributed by atoms with Crippen LogP contribution in [0.25, 0.3) is 0 Å². The third kappa shape index (κ3) is 3.62. The van der Waals surface area contributed by atoms with Gasteiger partial charge >= 0.3 is 0 Å². The van der Waals surface area contributed by atoms with Crippen molar-refractivity contribution in [2.75, 3.05) is 0 Å². The zero-order chi connectivity index (χ0) is 10.6. The summed E-state index contributed by atoms with van der Waals surface area (Å²) in [6, 6.07) is 0. The van der Waals surface area contributed by atoms with Crippen molar-refractivity contribution in [2.24, 2.45) is 0 Å². The molecule has 0 aromatic rings. The van der Waals surface area contributed by atoms with Crippen LogP contribution in [0.3, 0.4) is 0 Å². The molecule has 1 aliphatic carbocycles. The topological polar surface area (TPSA) is 37.3 Å². The van der Waals surface area contributed by atoms with Gasteiger partial charge in [0.2, 0.25) is 0 Å². The molecule has 1 rings (SSSR count). The van der Waals surface area contributed by atoms with Crippen LogP contribution in [0.1, 0.15) is 52.4 Å². The minimum Gasteiger partial charge on any atom is -0.389 e. The predicted octanol–water partition coefficient (Wildman–Crippen LogP) is 2.61. The fourth-order valence-corrected chi connectivity index (χ4v) is 2.08. The van der Waals surface area contributed by atoms with Gasteiger partial charge in [0, 0.05) is 6.42 Å². The number of rotatable bonds is 3. The van der Waals surface area contributed by atoms with E-state index in [1.807, 2.05) is 13.8 Å². The van der Waals surface area contributed by atoms with Gasteiger partial charge in [0.25, 0.3) is 0 Å². The first kappa shape index (κ1) is 11.4. The largest absolute Gasteiger partial charge is 0.389 e. The average Bonchev–Trinajstić information content (AvgIpc) is 2.02. The average molecular weight is 196 g/mol. The molecule has 0 aliphatic heterocycles. The van der Waals surface area contributed by atoms with Crippen LogP contribution in [0, 0.1) is 0 Å². The van der Waals surface area contributed by atoms with E-state index in [0.717, 1.165) is 31.3 Å².